The van der Waals surface area contributed by atoms with Crippen LogP contribution in [0.25, 0.3) is 0 Å². The standard InChI is InChI=1S/C24H36ClNO4.C5H12.C3H6/c1-7-17(3)14-21(25)22(29-6)15-20(8-2)13-18(4)11-9-10-12-24(28)16-19(5)30-23(27)26-24;1-3-5-4-2;1-3-2/h8-11,14-15,17,19,28H,7,12-13,16H2,1-6H3,(H,26,27);3-5H2,1-2H3;3H,1H2,2H3/b10-9+,18-11+,20-8-,21-14-,22-15+;;/t17?,19?,24-;;/m1../s1. The molecule has 0 spiro atoms. The number of amides is 1. The number of allylic oxidation sites excluding steroid dienone is 9. The van der Waals surface area contributed by atoms with E-state index in [4.69, 9.17) is 21.1 Å². The average Bonchev–Trinajstić information content (AvgIpc) is 2.84. The maximum Gasteiger partial charge on any atom is 0.409 e. The van der Waals surface area contributed by atoms with Crippen LogP contribution in [0.3, 0.4) is 0 Å². The molecule has 0 radical (unpaired) electrons. The second-order valence-electron chi connectivity index (χ2n) is 9.64. The Kier molecular flexibility index (Phi) is 22.7. The fourth-order valence-corrected chi connectivity index (χ4v) is 3.76. The van der Waals surface area contributed by atoms with E-state index in [1.54, 1.807) is 20.1 Å². The number of halogens is 1. The number of carbonyl (C=O) groups excluding carboxylic acids is 1. The van der Waals surface area contributed by atoms with Crippen molar-refractivity contribution in [2.45, 2.75) is 112 Å². The zero-order valence-corrected chi connectivity index (χ0v) is 26.2. The van der Waals surface area contributed by atoms with Crippen LogP contribution in [0, 0.1) is 5.92 Å². The fourth-order valence-electron chi connectivity index (χ4n) is 3.41. The van der Waals surface area contributed by atoms with E-state index in [0.29, 0.717) is 29.6 Å². The summed E-state index contributed by atoms with van der Waals surface area (Å²) in [6.07, 6.45) is 19.1. The van der Waals surface area contributed by atoms with E-state index in [1.807, 2.05) is 57.2 Å². The third kappa shape index (κ3) is 18.9. The predicted molar refractivity (Wildman–Crippen MR) is 164 cm³/mol. The van der Waals surface area contributed by atoms with Gasteiger partial charge in [-0.15, -0.1) is 6.58 Å². The van der Waals surface area contributed by atoms with Gasteiger partial charge in [0.05, 0.1) is 12.1 Å². The third-order valence-corrected chi connectivity index (χ3v) is 5.96. The summed E-state index contributed by atoms with van der Waals surface area (Å²) in [6, 6.07) is 0. The molecule has 1 rings (SSSR count). The molecule has 1 amide bonds. The van der Waals surface area contributed by atoms with E-state index in [-0.39, 0.29) is 6.10 Å². The van der Waals surface area contributed by atoms with Gasteiger partial charge in [0.15, 0.2) is 0 Å². The Hall–Kier alpha value is -2.24. The monoisotopic (exact) mass is 551 g/mol. The van der Waals surface area contributed by atoms with Crippen LogP contribution >= 0.6 is 11.6 Å². The molecule has 3 atom stereocenters. The zero-order chi connectivity index (χ0) is 29.6. The Morgan fingerprint density at radius 3 is 2.37 bits per heavy atom. The smallest absolute Gasteiger partial charge is 0.409 e. The van der Waals surface area contributed by atoms with Crippen LogP contribution in [0.2, 0.25) is 0 Å². The van der Waals surface area contributed by atoms with Crippen molar-refractivity contribution in [2.24, 2.45) is 5.92 Å². The van der Waals surface area contributed by atoms with Gasteiger partial charge in [0.1, 0.15) is 17.6 Å². The van der Waals surface area contributed by atoms with Gasteiger partial charge in [0, 0.05) is 12.8 Å². The van der Waals surface area contributed by atoms with Crippen molar-refractivity contribution in [3.8, 4) is 0 Å². The quantitative estimate of drug-likeness (QED) is 0.144. The van der Waals surface area contributed by atoms with E-state index in [1.165, 1.54) is 19.3 Å². The summed E-state index contributed by atoms with van der Waals surface area (Å²) in [4.78, 5) is 11.5. The fraction of sp³-hybridized carbons (Fsp3) is 0.594. The van der Waals surface area contributed by atoms with E-state index >= 15 is 0 Å². The molecule has 0 aromatic rings. The SMILES string of the molecule is C=CC.CCCCC.C\C=C(/C=C(OC)\C(Cl)=C\C(C)CC)C/C(C)=C/C=C/C[C@@]1(O)CC(C)OC(=O)N1. The van der Waals surface area contributed by atoms with Gasteiger partial charge >= 0.3 is 6.09 Å². The molecule has 1 aliphatic rings. The molecule has 0 aromatic heterocycles. The molecule has 0 aromatic carbocycles. The zero-order valence-electron chi connectivity index (χ0n) is 25.4. The Morgan fingerprint density at radius 2 is 1.92 bits per heavy atom. The van der Waals surface area contributed by atoms with Gasteiger partial charge in [0.25, 0.3) is 0 Å². The highest BCUT2D eigenvalue weighted by Gasteiger charge is 2.36. The minimum atomic E-state index is -1.27. The Bertz CT molecular complexity index is 823. The Labute approximate surface area is 238 Å². The van der Waals surface area contributed by atoms with Crippen LogP contribution in [0.15, 0.2) is 71.0 Å². The first-order valence-electron chi connectivity index (χ1n) is 13.8. The van der Waals surface area contributed by atoms with E-state index in [0.717, 1.165) is 24.0 Å². The minimum absolute atomic E-state index is 0.311. The second kappa shape index (κ2) is 22.7. The van der Waals surface area contributed by atoms with Crippen molar-refractivity contribution in [1.29, 1.82) is 0 Å². The average molecular weight is 552 g/mol. The number of nitrogens with one attached hydrogen (secondary N) is 1. The molecule has 0 aliphatic carbocycles. The number of ether oxygens (including phenoxy) is 2. The molecule has 2 N–H and O–H groups in total. The number of aliphatic hydroxyl groups is 1. The van der Waals surface area contributed by atoms with Crippen molar-refractivity contribution in [3.63, 3.8) is 0 Å². The van der Waals surface area contributed by atoms with Gasteiger partial charge in [-0.2, -0.15) is 0 Å². The lowest BCUT2D eigenvalue weighted by atomic mass is 10.0. The number of hydrogen-bond donors (Lipinski definition) is 2. The molecule has 5 nitrogen and oxygen atoms in total. The van der Waals surface area contributed by atoms with E-state index in [9.17, 15) is 9.90 Å². The first kappa shape index (κ1) is 37.9. The maximum atomic E-state index is 11.5. The first-order chi connectivity index (χ1) is 17.9. The summed E-state index contributed by atoms with van der Waals surface area (Å²) in [5.41, 5.74) is 0.967. The Morgan fingerprint density at radius 1 is 1.32 bits per heavy atom. The number of unbranched alkanes of at least 4 members (excludes halogenated alkanes) is 2. The second-order valence-corrected chi connectivity index (χ2v) is 10.0. The minimum Gasteiger partial charge on any atom is -0.495 e. The summed E-state index contributed by atoms with van der Waals surface area (Å²) >= 11 is 6.42. The summed E-state index contributed by atoms with van der Waals surface area (Å²) in [7, 11) is 1.62. The maximum absolute atomic E-state index is 11.5. The lowest BCUT2D eigenvalue weighted by Gasteiger charge is -2.35. The number of methoxy groups -OCH3 is 1. The summed E-state index contributed by atoms with van der Waals surface area (Å²) in [5, 5.41) is 13.6. The Balaban J connectivity index is 0. The van der Waals surface area contributed by atoms with Crippen LogP contribution in [0.1, 0.15) is 100 Å². The van der Waals surface area contributed by atoms with Crippen molar-refractivity contribution in [2.75, 3.05) is 7.11 Å². The summed E-state index contributed by atoms with van der Waals surface area (Å²) in [6.45, 7) is 19.7. The van der Waals surface area contributed by atoms with Gasteiger partial charge in [-0.25, -0.2) is 4.79 Å². The number of rotatable bonds is 12. The molecular formula is C32H54ClNO4. The van der Waals surface area contributed by atoms with Crippen molar-refractivity contribution in [1.82, 2.24) is 5.32 Å². The normalized spacial score (nSPS) is 21.3. The van der Waals surface area contributed by atoms with Crippen LogP contribution < -0.4 is 5.32 Å². The summed E-state index contributed by atoms with van der Waals surface area (Å²) < 4.78 is 10.5. The first-order valence-corrected chi connectivity index (χ1v) is 14.2. The molecule has 1 heterocycles. The lowest BCUT2D eigenvalue weighted by molar-refractivity contribution is -0.0655. The molecule has 6 heteroatoms. The van der Waals surface area contributed by atoms with Crippen LogP contribution in [0.4, 0.5) is 4.79 Å². The van der Waals surface area contributed by atoms with E-state index < -0.39 is 11.8 Å². The molecule has 1 saturated heterocycles. The van der Waals surface area contributed by atoms with Gasteiger partial charge in [-0.05, 0) is 51.7 Å². The van der Waals surface area contributed by atoms with Gasteiger partial charge in [-0.1, -0.05) is 107 Å². The third-order valence-electron chi connectivity index (χ3n) is 5.65. The van der Waals surface area contributed by atoms with Crippen molar-refractivity contribution >= 4 is 17.7 Å². The van der Waals surface area contributed by atoms with Gasteiger partial charge in [0.2, 0.25) is 0 Å². The number of alkyl carbamates (subject to hydrolysis) is 1. The number of cyclic esters (lactones) is 1. The molecule has 38 heavy (non-hydrogen) atoms. The summed E-state index contributed by atoms with van der Waals surface area (Å²) in [5.74, 6) is 1.04. The van der Waals surface area contributed by atoms with E-state index in [2.05, 4.69) is 39.6 Å². The van der Waals surface area contributed by atoms with Crippen molar-refractivity contribution in [3.05, 3.63) is 71.0 Å². The molecule has 1 aliphatic heterocycles. The van der Waals surface area contributed by atoms with Crippen molar-refractivity contribution < 1.29 is 19.4 Å². The van der Waals surface area contributed by atoms with Crippen LogP contribution in [0.5, 0.6) is 0 Å². The molecule has 0 bridgehead atoms. The molecule has 0 saturated carbocycles. The van der Waals surface area contributed by atoms with Crippen LogP contribution in [-0.4, -0.2) is 30.1 Å². The number of hydrogen-bond acceptors (Lipinski definition) is 4. The van der Waals surface area contributed by atoms with Gasteiger partial charge < -0.3 is 14.6 Å². The van der Waals surface area contributed by atoms with Crippen LogP contribution in [-0.2, 0) is 9.47 Å². The highest BCUT2D eigenvalue weighted by atomic mass is 35.5. The largest absolute Gasteiger partial charge is 0.495 e. The molecular weight excluding hydrogens is 498 g/mol. The molecule has 2 unspecified atom stereocenters. The lowest BCUT2D eigenvalue weighted by Crippen LogP contribution is -2.55. The number of carbonyl (C=O) groups is 1. The predicted octanol–water partition coefficient (Wildman–Crippen LogP) is 9.51. The highest BCUT2D eigenvalue weighted by Crippen LogP contribution is 2.24. The molecule has 1 fully saturated rings. The molecule has 218 valence electrons. The van der Waals surface area contributed by atoms with Gasteiger partial charge in [-0.3, -0.25) is 5.32 Å². The topological polar surface area (TPSA) is 67.8 Å². The highest BCUT2D eigenvalue weighted by molar-refractivity contribution is 6.31.